The summed E-state index contributed by atoms with van der Waals surface area (Å²) in [4.78, 5) is 37.7. The third kappa shape index (κ3) is 2.09. The molecule has 110 valence electrons. The third-order valence-corrected chi connectivity index (χ3v) is 4.66. The highest BCUT2D eigenvalue weighted by Gasteiger charge is 2.48. The van der Waals surface area contributed by atoms with Gasteiger partial charge in [-0.1, -0.05) is 15.9 Å². The van der Waals surface area contributed by atoms with Crippen LogP contribution < -0.4 is 10.2 Å². The van der Waals surface area contributed by atoms with Gasteiger partial charge in [0.2, 0.25) is 17.7 Å². The molecular weight excluding hydrogens is 336 g/mol. The van der Waals surface area contributed by atoms with Gasteiger partial charge in [0.25, 0.3) is 0 Å². The number of nitrogens with zero attached hydrogens (tertiary/aromatic N) is 1. The van der Waals surface area contributed by atoms with Gasteiger partial charge in [0.1, 0.15) is 6.04 Å². The normalized spacial score (nSPS) is 24.0. The minimum Gasteiger partial charge on any atom is -0.299 e. The van der Waals surface area contributed by atoms with Crippen molar-refractivity contribution in [1.82, 2.24) is 5.32 Å². The van der Waals surface area contributed by atoms with Gasteiger partial charge in [-0.2, -0.15) is 0 Å². The first kappa shape index (κ1) is 14.3. The predicted molar refractivity (Wildman–Crippen MR) is 80.8 cm³/mol. The Morgan fingerprint density at radius 1 is 1.29 bits per heavy atom. The number of rotatable bonds is 1. The lowest BCUT2D eigenvalue weighted by molar-refractivity contribution is -0.136. The van der Waals surface area contributed by atoms with Crippen molar-refractivity contribution in [1.29, 1.82) is 0 Å². The van der Waals surface area contributed by atoms with Gasteiger partial charge in [-0.15, -0.1) is 0 Å². The lowest BCUT2D eigenvalue weighted by Gasteiger charge is -2.31. The molecule has 3 rings (SSSR count). The van der Waals surface area contributed by atoms with Crippen molar-refractivity contribution in [3.63, 3.8) is 0 Å². The van der Waals surface area contributed by atoms with E-state index in [1.165, 1.54) is 0 Å². The summed E-state index contributed by atoms with van der Waals surface area (Å²) in [5.41, 5.74) is 0.968. The Morgan fingerprint density at radius 3 is 2.67 bits per heavy atom. The molecular formula is C15H15BrN2O3. The molecule has 6 heteroatoms. The average Bonchev–Trinajstić information content (AvgIpc) is 2.59. The molecule has 1 saturated heterocycles. The van der Waals surface area contributed by atoms with E-state index in [1.54, 1.807) is 4.90 Å². The van der Waals surface area contributed by atoms with E-state index >= 15 is 0 Å². The maximum atomic E-state index is 12.8. The van der Waals surface area contributed by atoms with Crippen LogP contribution in [0.3, 0.4) is 0 Å². The maximum absolute atomic E-state index is 12.8. The Morgan fingerprint density at radius 2 is 2.00 bits per heavy atom. The minimum absolute atomic E-state index is 0.106. The summed E-state index contributed by atoms with van der Waals surface area (Å²) in [6.07, 6.45) is 0.620. The van der Waals surface area contributed by atoms with Crippen molar-refractivity contribution in [3.05, 3.63) is 28.2 Å². The number of amides is 3. The van der Waals surface area contributed by atoms with Gasteiger partial charge in [0, 0.05) is 16.6 Å². The van der Waals surface area contributed by atoms with Gasteiger partial charge >= 0.3 is 0 Å². The molecule has 0 saturated carbocycles. The molecule has 0 aromatic heterocycles. The fraction of sp³-hybridized carbons (Fsp3) is 0.400. The van der Waals surface area contributed by atoms with Gasteiger partial charge in [-0.3, -0.25) is 24.6 Å². The van der Waals surface area contributed by atoms with Crippen molar-refractivity contribution in [2.24, 2.45) is 0 Å². The first-order valence-electron chi connectivity index (χ1n) is 6.80. The summed E-state index contributed by atoms with van der Waals surface area (Å²) in [5.74, 6) is -0.783. The second-order valence-electron chi connectivity index (χ2n) is 5.93. The van der Waals surface area contributed by atoms with Crippen LogP contribution in [-0.4, -0.2) is 23.8 Å². The highest BCUT2D eigenvalue weighted by Crippen LogP contribution is 2.44. The van der Waals surface area contributed by atoms with Gasteiger partial charge in [0.15, 0.2) is 0 Å². The average molecular weight is 351 g/mol. The standard InChI is InChI=1S/C15H15BrN2O3/c1-15(2)9-7-8(16)3-4-10(9)18(14(15)21)11-5-6-12(19)17-13(11)20/h3-4,7,11H,5-6H2,1-2H3,(H,17,19,20). The second-order valence-corrected chi connectivity index (χ2v) is 6.84. The molecule has 0 aliphatic carbocycles. The molecule has 5 nitrogen and oxygen atoms in total. The number of benzene rings is 1. The second kappa shape index (κ2) is 4.66. The van der Waals surface area contributed by atoms with Crippen LogP contribution in [0.1, 0.15) is 32.3 Å². The number of halogens is 1. The number of carbonyl (C=O) groups is 3. The summed E-state index contributed by atoms with van der Waals surface area (Å²) >= 11 is 3.42. The van der Waals surface area contributed by atoms with Crippen molar-refractivity contribution in [2.45, 2.75) is 38.1 Å². The van der Waals surface area contributed by atoms with Crippen LogP contribution in [0, 0.1) is 0 Å². The first-order valence-corrected chi connectivity index (χ1v) is 7.59. The summed E-state index contributed by atoms with van der Waals surface area (Å²) in [5, 5.41) is 2.32. The van der Waals surface area contributed by atoms with Crippen LogP contribution >= 0.6 is 15.9 Å². The number of anilines is 1. The van der Waals surface area contributed by atoms with Gasteiger partial charge in [-0.25, -0.2) is 0 Å². The van der Waals surface area contributed by atoms with E-state index in [1.807, 2.05) is 32.0 Å². The smallest absolute Gasteiger partial charge is 0.249 e. The quantitative estimate of drug-likeness (QED) is 0.786. The van der Waals surface area contributed by atoms with Crippen LogP contribution in [0.5, 0.6) is 0 Å². The van der Waals surface area contributed by atoms with Crippen molar-refractivity contribution in [3.8, 4) is 0 Å². The molecule has 1 unspecified atom stereocenters. The molecule has 1 aromatic carbocycles. The summed E-state index contributed by atoms with van der Waals surface area (Å²) < 4.78 is 0.896. The van der Waals surface area contributed by atoms with E-state index in [4.69, 9.17) is 0 Å². The molecule has 0 bridgehead atoms. The van der Waals surface area contributed by atoms with Gasteiger partial charge in [0.05, 0.1) is 5.41 Å². The summed E-state index contributed by atoms with van der Waals surface area (Å²) in [6, 6.07) is 5.00. The van der Waals surface area contributed by atoms with Crippen LogP contribution in [0.25, 0.3) is 0 Å². The van der Waals surface area contributed by atoms with Gasteiger partial charge < -0.3 is 0 Å². The zero-order valence-electron chi connectivity index (χ0n) is 11.8. The van der Waals surface area contributed by atoms with Crippen LogP contribution in [0.4, 0.5) is 5.69 Å². The lowest BCUT2D eigenvalue weighted by Crippen LogP contribution is -2.55. The first-order chi connectivity index (χ1) is 9.82. The van der Waals surface area contributed by atoms with Crippen molar-refractivity contribution >= 4 is 39.3 Å². The Balaban J connectivity index is 2.07. The Kier molecular flexibility index (Phi) is 3.16. The molecule has 1 aromatic rings. The summed E-state index contributed by atoms with van der Waals surface area (Å²) in [6.45, 7) is 3.71. The molecule has 0 radical (unpaired) electrons. The minimum atomic E-state index is -0.680. The lowest BCUT2D eigenvalue weighted by atomic mass is 9.86. The zero-order chi connectivity index (χ0) is 15.4. The number of piperidine rings is 1. The van der Waals surface area contributed by atoms with E-state index in [9.17, 15) is 14.4 Å². The number of carbonyl (C=O) groups excluding carboxylic acids is 3. The molecule has 3 amide bonds. The van der Waals surface area contributed by atoms with E-state index in [0.717, 1.165) is 15.7 Å². The van der Waals surface area contributed by atoms with E-state index in [-0.39, 0.29) is 18.2 Å². The molecule has 21 heavy (non-hydrogen) atoms. The van der Waals surface area contributed by atoms with Crippen molar-refractivity contribution < 1.29 is 14.4 Å². The fourth-order valence-corrected chi connectivity index (χ4v) is 3.34. The number of hydrogen-bond acceptors (Lipinski definition) is 3. The largest absolute Gasteiger partial charge is 0.299 e. The topological polar surface area (TPSA) is 66.5 Å². The molecule has 1 fully saturated rings. The highest BCUT2D eigenvalue weighted by molar-refractivity contribution is 9.10. The number of hydrogen-bond donors (Lipinski definition) is 1. The van der Waals surface area contributed by atoms with E-state index in [2.05, 4.69) is 21.2 Å². The third-order valence-electron chi connectivity index (χ3n) is 4.17. The number of fused-ring (bicyclic) bond motifs is 1. The van der Waals surface area contributed by atoms with Gasteiger partial charge in [-0.05, 0) is 44.0 Å². The molecule has 2 heterocycles. The fourth-order valence-electron chi connectivity index (χ4n) is 2.98. The Bertz CT molecular complexity index is 669. The monoisotopic (exact) mass is 350 g/mol. The van der Waals surface area contributed by atoms with Crippen LogP contribution in [0.2, 0.25) is 0 Å². The van der Waals surface area contributed by atoms with Crippen LogP contribution in [0.15, 0.2) is 22.7 Å². The molecule has 2 aliphatic rings. The Labute approximate surface area is 130 Å². The zero-order valence-corrected chi connectivity index (χ0v) is 13.4. The van der Waals surface area contributed by atoms with Crippen LogP contribution in [-0.2, 0) is 19.8 Å². The SMILES string of the molecule is CC1(C)C(=O)N(C2CCC(=O)NC2=O)c2ccc(Br)cc21. The van der Waals surface area contributed by atoms with Crippen molar-refractivity contribution in [2.75, 3.05) is 4.90 Å². The highest BCUT2D eigenvalue weighted by atomic mass is 79.9. The molecule has 1 N–H and O–H groups in total. The number of nitrogens with one attached hydrogen (secondary N) is 1. The Hall–Kier alpha value is -1.69. The van der Waals surface area contributed by atoms with E-state index < -0.39 is 17.4 Å². The summed E-state index contributed by atoms with van der Waals surface area (Å²) in [7, 11) is 0. The molecule has 0 spiro atoms. The van der Waals surface area contributed by atoms with E-state index in [0.29, 0.717) is 6.42 Å². The predicted octanol–water partition coefficient (Wildman–Crippen LogP) is 1.88. The molecule has 1 atom stereocenters. The molecule has 2 aliphatic heterocycles. The number of imide groups is 1. The maximum Gasteiger partial charge on any atom is 0.249 e.